The van der Waals surface area contributed by atoms with Gasteiger partial charge in [-0.25, -0.2) is 13.6 Å². The number of halogens is 2. The largest absolute Gasteiger partial charge is 0.508 e. The van der Waals surface area contributed by atoms with Crippen molar-refractivity contribution in [1.82, 2.24) is 15.0 Å². The number of carbonyl (C=O) groups is 1. The van der Waals surface area contributed by atoms with E-state index in [9.17, 15) is 18.7 Å². The fourth-order valence-electron chi connectivity index (χ4n) is 3.67. The summed E-state index contributed by atoms with van der Waals surface area (Å²) in [5.41, 5.74) is 2.02. The molecule has 0 radical (unpaired) electrons. The number of carbonyl (C=O) groups excluding carboxylic acids is 1. The van der Waals surface area contributed by atoms with Crippen molar-refractivity contribution >= 4 is 11.6 Å². The maximum Gasteiger partial charge on any atom is 0.320 e. The van der Waals surface area contributed by atoms with Crippen LogP contribution in [0.15, 0.2) is 65.4 Å². The van der Waals surface area contributed by atoms with E-state index in [4.69, 9.17) is 4.52 Å². The number of amides is 2. The van der Waals surface area contributed by atoms with E-state index in [0.29, 0.717) is 24.1 Å². The molecule has 1 aromatic heterocycles. The van der Waals surface area contributed by atoms with E-state index in [1.807, 2.05) is 0 Å². The van der Waals surface area contributed by atoms with Crippen molar-refractivity contribution in [2.45, 2.75) is 12.5 Å². The van der Waals surface area contributed by atoms with Gasteiger partial charge >= 0.3 is 6.03 Å². The van der Waals surface area contributed by atoms with Crippen LogP contribution in [0.3, 0.4) is 0 Å². The smallest absolute Gasteiger partial charge is 0.320 e. The van der Waals surface area contributed by atoms with E-state index in [0.717, 1.165) is 23.9 Å². The third-order valence-electron chi connectivity index (χ3n) is 5.29. The Morgan fingerprint density at radius 3 is 2.84 bits per heavy atom. The molecule has 160 valence electrons. The van der Waals surface area contributed by atoms with Gasteiger partial charge in [0.15, 0.2) is 0 Å². The molecule has 0 fully saturated rings. The predicted octanol–water partition coefficient (Wildman–Crippen LogP) is 4.39. The van der Waals surface area contributed by atoms with Crippen molar-refractivity contribution < 1.29 is 23.2 Å². The van der Waals surface area contributed by atoms with Gasteiger partial charge in [0.05, 0.1) is 11.7 Å². The first-order chi connectivity index (χ1) is 14.9. The Hall–Kier alpha value is -3.68. The second-order valence-electron chi connectivity index (χ2n) is 7.43. The fraction of sp³-hybridized carbons (Fsp3) is 0.217. The van der Waals surface area contributed by atoms with Gasteiger partial charge in [-0.15, -0.1) is 0 Å². The number of likely N-dealkylation sites (N-methyl/N-ethyl adjacent to an activating group) is 1. The quantitative estimate of drug-likeness (QED) is 0.658. The number of aromatic hydroxyl groups is 1. The van der Waals surface area contributed by atoms with E-state index < -0.39 is 17.7 Å². The summed E-state index contributed by atoms with van der Waals surface area (Å²) in [6.07, 6.45) is 3.72. The third-order valence-corrected chi connectivity index (χ3v) is 5.29. The number of nitrogens with zero attached hydrogens (tertiary/aromatic N) is 3. The Bertz CT molecular complexity index is 1120. The lowest BCUT2D eigenvalue weighted by Gasteiger charge is -2.30. The molecule has 1 atom stereocenters. The summed E-state index contributed by atoms with van der Waals surface area (Å²) in [6.45, 7) is 0.506. The van der Waals surface area contributed by atoms with Crippen LogP contribution in [0.2, 0.25) is 0 Å². The van der Waals surface area contributed by atoms with Gasteiger partial charge in [0.1, 0.15) is 23.6 Å². The SMILES string of the molecule is CN(CCc1ccon1)C(=O)N1CC(c2cc(F)ccc2F)=CC1c1cccc(O)c1. The number of urea groups is 1. The summed E-state index contributed by atoms with van der Waals surface area (Å²) < 4.78 is 33.0. The van der Waals surface area contributed by atoms with Gasteiger partial charge in [-0.05, 0) is 41.5 Å². The summed E-state index contributed by atoms with van der Waals surface area (Å²) in [4.78, 5) is 16.4. The van der Waals surface area contributed by atoms with E-state index in [1.165, 1.54) is 12.3 Å². The number of benzene rings is 2. The number of hydrogen-bond donors (Lipinski definition) is 1. The van der Waals surface area contributed by atoms with E-state index in [-0.39, 0.29) is 23.9 Å². The number of phenolic OH excluding ortho intramolecular Hbond substituents is 1. The van der Waals surface area contributed by atoms with E-state index in [1.54, 1.807) is 47.2 Å². The molecule has 0 spiro atoms. The number of phenols is 1. The Morgan fingerprint density at radius 1 is 1.26 bits per heavy atom. The van der Waals surface area contributed by atoms with Crippen molar-refractivity contribution in [3.63, 3.8) is 0 Å². The lowest BCUT2D eigenvalue weighted by Crippen LogP contribution is -2.42. The first-order valence-electron chi connectivity index (χ1n) is 9.78. The molecule has 1 aliphatic heterocycles. The van der Waals surface area contributed by atoms with Crippen molar-refractivity contribution in [1.29, 1.82) is 0 Å². The molecule has 0 saturated heterocycles. The van der Waals surface area contributed by atoms with Crippen molar-refractivity contribution in [3.8, 4) is 5.75 Å². The normalized spacial score (nSPS) is 15.8. The average Bonchev–Trinajstić information content (AvgIpc) is 3.43. The van der Waals surface area contributed by atoms with Crippen LogP contribution >= 0.6 is 0 Å². The molecular weight excluding hydrogens is 404 g/mol. The first kappa shape index (κ1) is 20.6. The molecule has 2 aromatic carbocycles. The lowest BCUT2D eigenvalue weighted by molar-refractivity contribution is 0.162. The minimum Gasteiger partial charge on any atom is -0.508 e. The van der Waals surface area contributed by atoms with Gasteiger partial charge in [-0.3, -0.25) is 0 Å². The average molecular weight is 425 g/mol. The highest BCUT2D eigenvalue weighted by molar-refractivity contribution is 5.82. The Balaban J connectivity index is 1.62. The van der Waals surface area contributed by atoms with Gasteiger partial charge in [0, 0.05) is 38.2 Å². The number of aromatic nitrogens is 1. The molecule has 0 aliphatic carbocycles. The summed E-state index contributed by atoms with van der Waals surface area (Å²) in [6, 6.07) is 10.7. The molecule has 1 N–H and O–H groups in total. The highest BCUT2D eigenvalue weighted by atomic mass is 19.1. The molecule has 0 bridgehead atoms. The van der Waals surface area contributed by atoms with Crippen molar-refractivity contribution in [2.24, 2.45) is 0 Å². The molecule has 31 heavy (non-hydrogen) atoms. The highest BCUT2D eigenvalue weighted by Crippen LogP contribution is 2.37. The minimum atomic E-state index is -0.559. The first-order valence-corrected chi connectivity index (χ1v) is 9.78. The monoisotopic (exact) mass is 425 g/mol. The zero-order valence-corrected chi connectivity index (χ0v) is 16.8. The van der Waals surface area contributed by atoms with Crippen LogP contribution in [0, 0.1) is 11.6 Å². The molecule has 2 amide bonds. The van der Waals surface area contributed by atoms with Crippen LogP contribution < -0.4 is 0 Å². The van der Waals surface area contributed by atoms with E-state index in [2.05, 4.69) is 5.16 Å². The number of rotatable bonds is 5. The van der Waals surface area contributed by atoms with Gasteiger partial charge in [-0.2, -0.15) is 0 Å². The van der Waals surface area contributed by atoms with Crippen LogP contribution in [0.4, 0.5) is 13.6 Å². The van der Waals surface area contributed by atoms with Crippen LogP contribution in [0.1, 0.15) is 22.9 Å². The predicted molar refractivity (Wildman–Crippen MR) is 110 cm³/mol. The summed E-state index contributed by atoms with van der Waals surface area (Å²) in [7, 11) is 1.67. The molecular formula is C23H21F2N3O3. The van der Waals surface area contributed by atoms with Gasteiger partial charge < -0.3 is 19.4 Å². The Kier molecular flexibility index (Phi) is 5.70. The number of hydrogen-bond acceptors (Lipinski definition) is 4. The third kappa shape index (κ3) is 4.42. The summed E-state index contributed by atoms with van der Waals surface area (Å²) >= 11 is 0. The van der Waals surface area contributed by atoms with Crippen LogP contribution in [0.5, 0.6) is 5.75 Å². The Morgan fingerprint density at radius 2 is 2.10 bits per heavy atom. The van der Waals surface area contributed by atoms with Crippen LogP contribution in [0.25, 0.3) is 5.57 Å². The summed E-state index contributed by atoms with van der Waals surface area (Å²) in [5, 5.41) is 13.7. The topological polar surface area (TPSA) is 69.8 Å². The Labute approximate surface area is 178 Å². The molecule has 4 rings (SSSR count). The van der Waals surface area contributed by atoms with Gasteiger partial charge in [0.2, 0.25) is 0 Å². The second-order valence-corrected chi connectivity index (χ2v) is 7.43. The molecule has 6 nitrogen and oxygen atoms in total. The van der Waals surface area contributed by atoms with Crippen LogP contribution in [-0.2, 0) is 6.42 Å². The maximum atomic E-state index is 14.4. The molecule has 0 saturated carbocycles. The molecule has 8 heteroatoms. The van der Waals surface area contributed by atoms with E-state index >= 15 is 0 Å². The van der Waals surface area contributed by atoms with Crippen LogP contribution in [-0.4, -0.2) is 46.2 Å². The maximum absolute atomic E-state index is 14.4. The van der Waals surface area contributed by atoms with Gasteiger partial charge in [0.25, 0.3) is 0 Å². The molecule has 3 aromatic rings. The standard InChI is InChI=1S/C23H21F2N3O3/c1-27(9-7-18-8-10-31-26-18)23(30)28-14-16(20-13-17(24)5-6-21(20)25)12-22(28)15-3-2-4-19(29)11-15/h2-6,8,10-13,22,29H,7,9,14H2,1H3. The fourth-order valence-corrected chi connectivity index (χ4v) is 3.67. The second kappa shape index (κ2) is 8.59. The zero-order chi connectivity index (χ0) is 22.0. The highest BCUT2D eigenvalue weighted by Gasteiger charge is 2.33. The van der Waals surface area contributed by atoms with Crippen molar-refractivity contribution in [2.75, 3.05) is 20.1 Å². The van der Waals surface area contributed by atoms with Crippen molar-refractivity contribution in [3.05, 3.63) is 89.3 Å². The van der Waals surface area contributed by atoms with Gasteiger partial charge in [-0.1, -0.05) is 23.4 Å². The molecule has 1 unspecified atom stereocenters. The molecule has 1 aliphatic rings. The molecule has 2 heterocycles. The zero-order valence-electron chi connectivity index (χ0n) is 16.8. The lowest BCUT2D eigenvalue weighted by atomic mass is 10.0. The summed E-state index contributed by atoms with van der Waals surface area (Å²) in [5.74, 6) is -1.06. The minimum absolute atomic E-state index is 0.0584.